The molecule has 1 aromatic heterocycles. The number of ether oxygens (including phenoxy) is 1. The average Bonchev–Trinajstić information content (AvgIpc) is 3.23. The van der Waals surface area contributed by atoms with E-state index in [9.17, 15) is 24.5 Å². The highest BCUT2D eigenvalue weighted by atomic mass is 32.2. The van der Waals surface area contributed by atoms with Crippen LogP contribution in [0.5, 0.6) is 0 Å². The lowest BCUT2D eigenvalue weighted by atomic mass is 10.0. The number of carbonyl (C=O) groups excluding carboxylic acids is 3. The molecule has 1 aromatic carbocycles. The van der Waals surface area contributed by atoms with E-state index >= 15 is 0 Å². The van der Waals surface area contributed by atoms with Gasteiger partial charge in [-0.25, -0.2) is 0 Å². The van der Waals surface area contributed by atoms with Crippen LogP contribution in [-0.2, 0) is 14.3 Å². The number of nitro benzene ring substituents is 1. The molecule has 0 radical (unpaired) electrons. The van der Waals surface area contributed by atoms with Gasteiger partial charge in [0.25, 0.3) is 16.8 Å². The van der Waals surface area contributed by atoms with Gasteiger partial charge in [-0.05, 0) is 68.8 Å². The van der Waals surface area contributed by atoms with E-state index in [1.54, 1.807) is 39.0 Å². The van der Waals surface area contributed by atoms with Crippen molar-refractivity contribution in [3.8, 4) is 11.3 Å². The van der Waals surface area contributed by atoms with Gasteiger partial charge in [0, 0.05) is 12.1 Å². The van der Waals surface area contributed by atoms with E-state index in [-0.39, 0.29) is 28.2 Å². The molecule has 1 saturated heterocycles. The summed E-state index contributed by atoms with van der Waals surface area (Å²) >= 11 is 0.678. The summed E-state index contributed by atoms with van der Waals surface area (Å²) in [7, 11) is 0. The Morgan fingerprint density at radius 2 is 1.94 bits per heavy atom. The third-order valence-corrected chi connectivity index (χ3v) is 5.41. The molecule has 2 amide bonds. The van der Waals surface area contributed by atoms with Crippen molar-refractivity contribution < 1.29 is 28.5 Å². The Balaban J connectivity index is 1.85. The van der Waals surface area contributed by atoms with E-state index in [4.69, 9.17) is 9.15 Å². The molecule has 0 saturated carbocycles. The molecule has 0 atom stereocenters. The molecule has 0 bridgehead atoms. The minimum atomic E-state index is -0.680. The first-order valence-electron chi connectivity index (χ1n) is 9.37. The molecule has 3 rings (SSSR count). The topological polar surface area (TPSA) is 120 Å². The highest BCUT2D eigenvalue weighted by molar-refractivity contribution is 8.18. The monoisotopic (exact) mass is 444 g/mol. The maximum absolute atomic E-state index is 12.5. The van der Waals surface area contributed by atoms with Crippen LogP contribution in [0.4, 0.5) is 10.5 Å². The van der Waals surface area contributed by atoms with Gasteiger partial charge in [0.1, 0.15) is 18.1 Å². The maximum atomic E-state index is 12.5. The number of nitro groups is 1. The highest BCUT2D eigenvalue weighted by Gasteiger charge is 2.37. The number of hydrogen-bond donors (Lipinski definition) is 0. The van der Waals surface area contributed by atoms with Gasteiger partial charge in [0.15, 0.2) is 0 Å². The van der Waals surface area contributed by atoms with Crippen LogP contribution in [0.1, 0.15) is 30.7 Å². The van der Waals surface area contributed by atoms with Crippen molar-refractivity contribution in [2.75, 3.05) is 6.54 Å². The molecule has 2 aromatic rings. The Bertz CT molecular complexity index is 1120. The number of hydrogen-bond acceptors (Lipinski definition) is 8. The highest BCUT2D eigenvalue weighted by Crippen LogP contribution is 2.36. The van der Waals surface area contributed by atoms with Crippen LogP contribution in [0.15, 0.2) is 33.6 Å². The molecular weight excluding hydrogens is 424 g/mol. The molecule has 1 fully saturated rings. The fourth-order valence-corrected chi connectivity index (χ4v) is 3.74. The number of esters is 1. The van der Waals surface area contributed by atoms with Crippen LogP contribution in [-0.4, -0.2) is 39.6 Å². The van der Waals surface area contributed by atoms with Crippen molar-refractivity contribution in [2.45, 2.75) is 33.8 Å². The first-order chi connectivity index (χ1) is 14.6. The van der Waals surface area contributed by atoms with Crippen LogP contribution in [0.25, 0.3) is 17.4 Å². The first-order valence-corrected chi connectivity index (χ1v) is 10.2. The van der Waals surface area contributed by atoms with Crippen LogP contribution < -0.4 is 0 Å². The maximum Gasteiger partial charge on any atom is 0.326 e. The van der Waals surface area contributed by atoms with Crippen LogP contribution >= 0.6 is 11.8 Å². The summed E-state index contributed by atoms with van der Waals surface area (Å²) in [6, 6.07) is 6.27. The van der Waals surface area contributed by atoms with Crippen LogP contribution in [0.3, 0.4) is 0 Å². The molecule has 0 spiro atoms. The van der Waals surface area contributed by atoms with Crippen molar-refractivity contribution in [2.24, 2.45) is 0 Å². The third kappa shape index (κ3) is 4.85. The fraction of sp³-hybridized carbons (Fsp3) is 0.286. The molecule has 0 aliphatic carbocycles. The van der Waals surface area contributed by atoms with E-state index < -0.39 is 28.6 Å². The number of imide groups is 1. The Morgan fingerprint density at radius 3 is 2.58 bits per heavy atom. The largest absolute Gasteiger partial charge is 0.462 e. The van der Waals surface area contributed by atoms with Gasteiger partial charge in [-0.15, -0.1) is 0 Å². The zero-order valence-corrected chi connectivity index (χ0v) is 18.1. The van der Waals surface area contributed by atoms with Gasteiger partial charge < -0.3 is 9.15 Å². The number of carbonyl (C=O) groups is 3. The number of aryl methyl sites for hydroxylation is 2. The minimum Gasteiger partial charge on any atom is -0.462 e. The predicted octanol–water partition coefficient (Wildman–Crippen LogP) is 4.46. The molecule has 10 heteroatoms. The second-order valence-electron chi connectivity index (χ2n) is 7.22. The van der Waals surface area contributed by atoms with Crippen molar-refractivity contribution in [3.63, 3.8) is 0 Å². The minimum absolute atomic E-state index is 0.0813. The molecule has 1 aliphatic rings. The Hall–Kier alpha value is -3.40. The van der Waals surface area contributed by atoms with Gasteiger partial charge in [0.2, 0.25) is 0 Å². The van der Waals surface area contributed by atoms with E-state index in [1.807, 2.05) is 6.92 Å². The summed E-state index contributed by atoms with van der Waals surface area (Å²) in [5.74, 6) is -0.801. The lowest BCUT2D eigenvalue weighted by molar-refractivity contribution is -0.384. The Morgan fingerprint density at radius 1 is 1.26 bits per heavy atom. The molecule has 0 unspecified atom stereocenters. The summed E-state index contributed by atoms with van der Waals surface area (Å²) in [5.41, 5.74) is 1.88. The molecule has 31 heavy (non-hydrogen) atoms. The quantitative estimate of drug-likeness (QED) is 0.277. The van der Waals surface area contributed by atoms with E-state index in [0.717, 1.165) is 16.0 Å². The number of amides is 2. The van der Waals surface area contributed by atoms with Crippen LogP contribution in [0, 0.1) is 24.0 Å². The van der Waals surface area contributed by atoms with Crippen molar-refractivity contribution in [1.82, 2.24) is 4.90 Å². The third-order valence-electron chi connectivity index (χ3n) is 4.50. The van der Waals surface area contributed by atoms with Gasteiger partial charge in [-0.2, -0.15) is 0 Å². The molecule has 0 N–H and O–H groups in total. The number of nitrogens with zero attached hydrogens (tertiary/aromatic N) is 2. The lowest BCUT2D eigenvalue weighted by Gasteiger charge is -2.13. The predicted molar refractivity (Wildman–Crippen MR) is 114 cm³/mol. The molecule has 9 nitrogen and oxygen atoms in total. The standard InChI is InChI=1S/C21H20N2O7S/c1-11(2)29-19(24)10-22-20(25)18(31-21(22)26)9-14-5-6-17(30-14)15-7-12(3)13(4)8-16(15)23(27)28/h5-9,11H,10H2,1-4H3/b18-9-. The summed E-state index contributed by atoms with van der Waals surface area (Å²) < 4.78 is 10.7. The van der Waals surface area contributed by atoms with Gasteiger partial charge in [-0.1, -0.05) is 0 Å². The number of rotatable bonds is 6. The summed E-state index contributed by atoms with van der Waals surface area (Å²) in [4.78, 5) is 48.3. The van der Waals surface area contributed by atoms with E-state index in [1.165, 1.54) is 12.1 Å². The average molecular weight is 444 g/mol. The van der Waals surface area contributed by atoms with Crippen LogP contribution in [0.2, 0.25) is 0 Å². The smallest absolute Gasteiger partial charge is 0.326 e. The van der Waals surface area contributed by atoms with Crippen molar-refractivity contribution in [1.29, 1.82) is 0 Å². The Labute approximate surface area is 182 Å². The van der Waals surface area contributed by atoms with Gasteiger partial charge >= 0.3 is 5.97 Å². The number of benzene rings is 1. The van der Waals surface area contributed by atoms with Gasteiger partial charge in [0.05, 0.1) is 21.5 Å². The number of thioether (sulfide) groups is 1. The Kier molecular flexibility index (Phi) is 6.30. The van der Waals surface area contributed by atoms with Crippen molar-refractivity contribution >= 4 is 40.6 Å². The summed E-state index contributed by atoms with van der Waals surface area (Å²) in [5, 5.41) is 10.8. The number of furan rings is 1. The molecule has 1 aliphatic heterocycles. The van der Waals surface area contributed by atoms with Gasteiger partial charge in [-0.3, -0.25) is 29.4 Å². The zero-order valence-electron chi connectivity index (χ0n) is 17.3. The molecule has 162 valence electrons. The molecule has 2 heterocycles. The second kappa shape index (κ2) is 8.76. The van der Waals surface area contributed by atoms with E-state index in [2.05, 4.69) is 0 Å². The van der Waals surface area contributed by atoms with Crippen molar-refractivity contribution in [3.05, 3.63) is 56.2 Å². The second-order valence-corrected chi connectivity index (χ2v) is 8.21. The van der Waals surface area contributed by atoms with E-state index in [0.29, 0.717) is 17.3 Å². The first kappa shape index (κ1) is 22.3. The zero-order chi connectivity index (χ0) is 22.9. The molecular formula is C21H20N2O7S. The lowest BCUT2D eigenvalue weighted by Crippen LogP contribution is -2.35. The summed E-state index contributed by atoms with van der Waals surface area (Å²) in [6.45, 7) is 6.48. The SMILES string of the molecule is Cc1cc(-c2ccc(/C=C3\SC(=O)N(CC(=O)OC(C)C)C3=O)o2)c([N+](=O)[O-])cc1C. The summed E-state index contributed by atoms with van der Waals surface area (Å²) in [6.07, 6.45) is 1.01. The fourth-order valence-electron chi connectivity index (χ4n) is 2.92. The normalized spacial score (nSPS) is 15.3.